The van der Waals surface area contributed by atoms with Gasteiger partial charge < -0.3 is 14.8 Å². The molecule has 1 N–H and O–H groups in total. The van der Waals surface area contributed by atoms with Crippen molar-refractivity contribution in [3.05, 3.63) is 52.0 Å². The minimum Gasteiger partial charge on any atom is -0.486 e. The van der Waals surface area contributed by atoms with Gasteiger partial charge in [-0.25, -0.2) is 8.78 Å². The second-order valence-corrected chi connectivity index (χ2v) is 6.13. The summed E-state index contributed by atoms with van der Waals surface area (Å²) in [6, 6.07) is 7.04. The smallest absolute Gasteiger partial charge is 0.224 e. The summed E-state index contributed by atoms with van der Waals surface area (Å²) in [5, 5.41) is 2.77. The van der Waals surface area contributed by atoms with E-state index in [0.29, 0.717) is 46.9 Å². The van der Waals surface area contributed by atoms with Gasteiger partial charge in [0.05, 0.1) is 5.69 Å². The van der Waals surface area contributed by atoms with Crippen LogP contribution in [-0.2, 0) is 11.2 Å². The number of carbonyl (C=O) groups is 1. The van der Waals surface area contributed by atoms with Gasteiger partial charge in [-0.15, -0.1) is 0 Å². The number of hydrogen-bond donors (Lipinski definition) is 1. The van der Waals surface area contributed by atoms with E-state index in [2.05, 4.69) is 21.2 Å². The average molecular weight is 398 g/mol. The number of nitrogens with one attached hydrogen (secondary N) is 1. The Morgan fingerprint density at radius 1 is 1.08 bits per heavy atom. The van der Waals surface area contributed by atoms with Gasteiger partial charge in [-0.2, -0.15) is 0 Å². The fourth-order valence-corrected chi connectivity index (χ4v) is 2.75. The molecule has 0 saturated carbocycles. The van der Waals surface area contributed by atoms with Crippen LogP contribution in [0.25, 0.3) is 0 Å². The van der Waals surface area contributed by atoms with Crippen LogP contribution in [0.3, 0.4) is 0 Å². The molecule has 126 valence electrons. The standard InChI is InChI=1S/C17H14BrF2NO3/c18-11-8-15-16(24-6-5-23-15)9-14(11)21-17(22)4-2-10-1-3-12(19)13(20)7-10/h1,3,7-9H,2,4-6H2,(H,21,22). The van der Waals surface area contributed by atoms with Gasteiger partial charge in [0.25, 0.3) is 0 Å². The van der Waals surface area contributed by atoms with E-state index in [1.165, 1.54) is 6.07 Å². The third-order valence-electron chi connectivity index (χ3n) is 3.53. The first-order valence-electron chi connectivity index (χ1n) is 7.36. The van der Waals surface area contributed by atoms with Crippen LogP contribution in [0, 0.1) is 11.6 Å². The van der Waals surface area contributed by atoms with Crippen molar-refractivity contribution in [1.82, 2.24) is 0 Å². The lowest BCUT2D eigenvalue weighted by molar-refractivity contribution is -0.116. The lowest BCUT2D eigenvalue weighted by Crippen LogP contribution is -2.17. The van der Waals surface area contributed by atoms with E-state index >= 15 is 0 Å². The zero-order valence-corrected chi connectivity index (χ0v) is 14.2. The molecule has 1 aliphatic rings. The van der Waals surface area contributed by atoms with Gasteiger partial charge in [-0.3, -0.25) is 4.79 Å². The number of anilines is 1. The highest BCUT2D eigenvalue weighted by atomic mass is 79.9. The van der Waals surface area contributed by atoms with Crippen molar-refractivity contribution < 1.29 is 23.0 Å². The zero-order valence-electron chi connectivity index (χ0n) is 12.6. The quantitative estimate of drug-likeness (QED) is 0.845. The van der Waals surface area contributed by atoms with Crippen LogP contribution in [0.15, 0.2) is 34.8 Å². The molecule has 7 heteroatoms. The molecule has 1 amide bonds. The molecular formula is C17H14BrF2NO3. The van der Waals surface area contributed by atoms with Gasteiger partial charge in [-0.05, 0) is 40.0 Å². The van der Waals surface area contributed by atoms with Crippen LogP contribution >= 0.6 is 15.9 Å². The molecule has 3 rings (SSSR count). The maximum absolute atomic E-state index is 13.2. The molecule has 1 heterocycles. The van der Waals surface area contributed by atoms with Crippen LogP contribution in [0.2, 0.25) is 0 Å². The normalized spacial score (nSPS) is 12.8. The van der Waals surface area contributed by atoms with Crippen LogP contribution in [-0.4, -0.2) is 19.1 Å². The van der Waals surface area contributed by atoms with Crippen LogP contribution in [0.4, 0.5) is 14.5 Å². The van der Waals surface area contributed by atoms with E-state index in [1.807, 2.05) is 0 Å². The summed E-state index contributed by atoms with van der Waals surface area (Å²) in [5.74, 6) is -0.865. The van der Waals surface area contributed by atoms with Crippen molar-refractivity contribution in [3.63, 3.8) is 0 Å². The summed E-state index contributed by atoms with van der Waals surface area (Å²) in [5.41, 5.74) is 1.12. The highest BCUT2D eigenvalue weighted by molar-refractivity contribution is 9.10. The summed E-state index contributed by atoms with van der Waals surface area (Å²) in [4.78, 5) is 12.1. The molecule has 0 aliphatic carbocycles. The lowest BCUT2D eigenvalue weighted by Gasteiger charge is -2.20. The molecule has 0 unspecified atom stereocenters. The number of amides is 1. The third kappa shape index (κ3) is 3.84. The van der Waals surface area contributed by atoms with E-state index in [1.54, 1.807) is 12.1 Å². The molecule has 0 atom stereocenters. The predicted molar refractivity (Wildman–Crippen MR) is 88.4 cm³/mol. The minimum absolute atomic E-state index is 0.145. The number of rotatable bonds is 4. The van der Waals surface area contributed by atoms with E-state index in [4.69, 9.17) is 9.47 Å². The average Bonchev–Trinajstić information content (AvgIpc) is 2.56. The van der Waals surface area contributed by atoms with E-state index < -0.39 is 11.6 Å². The predicted octanol–water partition coefficient (Wildman–Crippen LogP) is 4.07. The Bertz CT molecular complexity index is 783. The van der Waals surface area contributed by atoms with Crippen molar-refractivity contribution in [2.45, 2.75) is 12.8 Å². The second-order valence-electron chi connectivity index (χ2n) is 5.27. The number of benzene rings is 2. The molecule has 24 heavy (non-hydrogen) atoms. The molecule has 0 bridgehead atoms. The Labute approximate surface area is 145 Å². The summed E-state index contributed by atoms with van der Waals surface area (Å²) in [6.45, 7) is 0.942. The summed E-state index contributed by atoms with van der Waals surface area (Å²) in [6.07, 6.45) is 0.456. The first kappa shape index (κ1) is 16.7. The highest BCUT2D eigenvalue weighted by Gasteiger charge is 2.16. The van der Waals surface area contributed by atoms with Crippen molar-refractivity contribution in [1.29, 1.82) is 0 Å². The topological polar surface area (TPSA) is 47.6 Å². The maximum atomic E-state index is 13.2. The Morgan fingerprint density at radius 3 is 2.50 bits per heavy atom. The van der Waals surface area contributed by atoms with Gasteiger partial charge in [0.1, 0.15) is 13.2 Å². The number of fused-ring (bicyclic) bond motifs is 1. The number of carbonyl (C=O) groups excluding carboxylic acids is 1. The zero-order chi connectivity index (χ0) is 17.1. The fourth-order valence-electron chi connectivity index (χ4n) is 2.33. The number of halogens is 3. The van der Waals surface area contributed by atoms with Crippen molar-refractivity contribution in [2.75, 3.05) is 18.5 Å². The molecule has 0 saturated heterocycles. The van der Waals surface area contributed by atoms with Gasteiger partial charge in [0.2, 0.25) is 5.91 Å². The number of aryl methyl sites for hydroxylation is 1. The van der Waals surface area contributed by atoms with Crippen LogP contribution < -0.4 is 14.8 Å². The SMILES string of the molecule is O=C(CCc1ccc(F)c(F)c1)Nc1cc2c(cc1Br)OCCO2. The Hall–Kier alpha value is -2.15. The summed E-state index contributed by atoms with van der Waals surface area (Å²) in [7, 11) is 0. The Balaban J connectivity index is 1.63. The van der Waals surface area contributed by atoms with Crippen molar-refractivity contribution in [3.8, 4) is 11.5 Å². The number of hydrogen-bond acceptors (Lipinski definition) is 3. The van der Waals surface area contributed by atoms with Gasteiger partial charge in [-0.1, -0.05) is 6.07 Å². The first-order valence-corrected chi connectivity index (χ1v) is 8.15. The molecule has 1 aliphatic heterocycles. The van der Waals surface area contributed by atoms with Gasteiger partial charge in [0.15, 0.2) is 23.1 Å². The number of ether oxygens (including phenoxy) is 2. The molecule has 0 fully saturated rings. The van der Waals surface area contributed by atoms with E-state index in [0.717, 1.165) is 12.1 Å². The summed E-state index contributed by atoms with van der Waals surface area (Å²) < 4.78 is 37.7. The largest absolute Gasteiger partial charge is 0.486 e. The highest BCUT2D eigenvalue weighted by Crippen LogP contribution is 2.38. The van der Waals surface area contributed by atoms with Crippen molar-refractivity contribution >= 4 is 27.5 Å². The first-order chi connectivity index (χ1) is 11.5. The van der Waals surface area contributed by atoms with Gasteiger partial charge in [0, 0.05) is 23.0 Å². The molecule has 4 nitrogen and oxygen atoms in total. The van der Waals surface area contributed by atoms with Crippen LogP contribution in [0.1, 0.15) is 12.0 Å². The molecule has 0 aromatic heterocycles. The van der Waals surface area contributed by atoms with E-state index in [-0.39, 0.29) is 12.3 Å². The Morgan fingerprint density at radius 2 is 1.79 bits per heavy atom. The maximum Gasteiger partial charge on any atom is 0.224 e. The molecule has 2 aromatic rings. The molecule has 0 radical (unpaired) electrons. The van der Waals surface area contributed by atoms with Gasteiger partial charge >= 0.3 is 0 Å². The molecule has 2 aromatic carbocycles. The fraction of sp³-hybridized carbons (Fsp3) is 0.235. The minimum atomic E-state index is -0.914. The third-order valence-corrected chi connectivity index (χ3v) is 4.19. The molecular weight excluding hydrogens is 384 g/mol. The Kier molecular flexibility index (Phi) is 4.99. The van der Waals surface area contributed by atoms with Crippen molar-refractivity contribution in [2.24, 2.45) is 0 Å². The molecule has 0 spiro atoms. The van der Waals surface area contributed by atoms with E-state index in [9.17, 15) is 13.6 Å². The lowest BCUT2D eigenvalue weighted by atomic mass is 10.1. The second kappa shape index (κ2) is 7.17. The van der Waals surface area contributed by atoms with Crippen LogP contribution in [0.5, 0.6) is 11.5 Å². The summed E-state index contributed by atoms with van der Waals surface area (Å²) >= 11 is 3.38. The monoisotopic (exact) mass is 397 g/mol.